The molecular formula is C16H18BrClN4. The molecule has 1 unspecified atom stereocenters. The summed E-state index contributed by atoms with van der Waals surface area (Å²) in [7, 11) is 0. The van der Waals surface area contributed by atoms with Crippen LogP contribution in [-0.2, 0) is 0 Å². The molecular weight excluding hydrogens is 364 g/mol. The first-order chi connectivity index (χ1) is 10.6. The smallest absolute Gasteiger partial charge is 0.225 e. The monoisotopic (exact) mass is 380 g/mol. The quantitative estimate of drug-likeness (QED) is 0.810. The molecule has 0 spiro atoms. The van der Waals surface area contributed by atoms with Gasteiger partial charge in [-0.15, -0.1) is 0 Å². The Labute approximate surface area is 144 Å². The van der Waals surface area contributed by atoms with Gasteiger partial charge in [-0.3, -0.25) is 4.90 Å². The van der Waals surface area contributed by atoms with Gasteiger partial charge in [0, 0.05) is 49.6 Å². The van der Waals surface area contributed by atoms with E-state index in [1.165, 1.54) is 5.56 Å². The first-order valence-electron chi connectivity index (χ1n) is 7.35. The van der Waals surface area contributed by atoms with E-state index in [0.717, 1.165) is 41.6 Å². The van der Waals surface area contributed by atoms with Crippen molar-refractivity contribution in [1.82, 2.24) is 14.9 Å². The van der Waals surface area contributed by atoms with Crippen LogP contribution in [0.5, 0.6) is 0 Å². The lowest BCUT2D eigenvalue weighted by Gasteiger charge is -2.38. The zero-order chi connectivity index (χ0) is 15.5. The minimum Gasteiger partial charge on any atom is -0.338 e. The summed E-state index contributed by atoms with van der Waals surface area (Å²) in [5.74, 6) is 0.807. The summed E-state index contributed by atoms with van der Waals surface area (Å²) in [6.07, 6.45) is 3.59. The zero-order valence-corrected chi connectivity index (χ0v) is 14.8. The molecule has 2 aromatic rings. The molecule has 116 valence electrons. The number of halogens is 2. The fourth-order valence-electron chi connectivity index (χ4n) is 2.73. The molecule has 1 aliphatic rings. The maximum absolute atomic E-state index is 5.96. The molecule has 0 aliphatic carbocycles. The number of benzene rings is 1. The van der Waals surface area contributed by atoms with Crippen LogP contribution in [0.15, 0.2) is 41.1 Å². The van der Waals surface area contributed by atoms with Crippen LogP contribution in [-0.4, -0.2) is 41.0 Å². The summed E-state index contributed by atoms with van der Waals surface area (Å²) in [5.41, 5.74) is 1.30. The molecule has 1 fully saturated rings. The zero-order valence-electron chi connectivity index (χ0n) is 12.4. The van der Waals surface area contributed by atoms with Gasteiger partial charge in [-0.05, 0) is 40.5 Å². The van der Waals surface area contributed by atoms with Gasteiger partial charge in [-0.2, -0.15) is 0 Å². The number of hydrogen-bond donors (Lipinski definition) is 0. The highest BCUT2D eigenvalue weighted by Crippen LogP contribution is 2.24. The maximum atomic E-state index is 5.96. The molecule has 0 amide bonds. The number of hydrogen-bond acceptors (Lipinski definition) is 4. The van der Waals surface area contributed by atoms with Gasteiger partial charge >= 0.3 is 0 Å². The Morgan fingerprint density at radius 1 is 1.05 bits per heavy atom. The Hall–Kier alpha value is -1.17. The number of nitrogens with zero attached hydrogens (tertiary/aromatic N) is 4. The highest BCUT2D eigenvalue weighted by molar-refractivity contribution is 9.10. The first-order valence-corrected chi connectivity index (χ1v) is 8.52. The molecule has 1 aromatic heterocycles. The van der Waals surface area contributed by atoms with Crippen molar-refractivity contribution in [2.24, 2.45) is 0 Å². The van der Waals surface area contributed by atoms with Crippen molar-refractivity contribution < 1.29 is 0 Å². The van der Waals surface area contributed by atoms with Crippen LogP contribution in [0.3, 0.4) is 0 Å². The molecule has 0 bridgehead atoms. The van der Waals surface area contributed by atoms with Crippen molar-refractivity contribution in [2.75, 3.05) is 31.1 Å². The summed E-state index contributed by atoms with van der Waals surface area (Å²) in [4.78, 5) is 13.5. The van der Waals surface area contributed by atoms with E-state index >= 15 is 0 Å². The largest absolute Gasteiger partial charge is 0.338 e. The molecule has 4 nitrogen and oxygen atoms in total. The second-order valence-electron chi connectivity index (χ2n) is 5.45. The molecule has 0 saturated carbocycles. The summed E-state index contributed by atoms with van der Waals surface area (Å²) in [6.45, 7) is 6.14. The van der Waals surface area contributed by atoms with E-state index in [0.29, 0.717) is 6.04 Å². The second-order valence-corrected chi connectivity index (χ2v) is 6.80. The van der Waals surface area contributed by atoms with Crippen molar-refractivity contribution >= 4 is 33.5 Å². The lowest BCUT2D eigenvalue weighted by molar-refractivity contribution is 0.198. The van der Waals surface area contributed by atoms with Gasteiger partial charge in [0.1, 0.15) is 0 Å². The summed E-state index contributed by atoms with van der Waals surface area (Å²) < 4.78 is 0.909. The minimum absolute atomic E-state index is 0.394. The van der Waals surface area contributed by atoms with Crippen LogP contribution >= 0.6 is 27.5 Å². The van der Waals surface area contributed by atoms with E-state index in [4.69, 9.17) is 11.6 Å². The summed E-state index contributed by atoms with van der Waals surface area (Å²) >= 11 is 9.33. The van der Waals surface area contributed by atoms with Gasteiger partial charge in [0.15, 0.2) is 0 Å². The molecule has 0 N–H and O–H groups in total. The average molecular weight is 382 g/mol. The molecule has 1 aromatic carbocycles. The molecule has 6 heteroatoms. The van der Waals surface area contributed by atoms with Crippen molar-refractivity contribution in [3.05, 3.63) is 51.7 Å². The lowest BCUT2D eigenvalue weighted by atomic mass is 10.1. The van der Waals surface area contributed by atoms with Gasteiger partial charge in [0.05, 0.1) is 4.47 Å². The Morgan fingerprint density at radius 2 is 1.64 bits per heavy atom. The van der Waals surface area contributed by atoms with Crippen molar-refractivity contribution in [1.29, 1.82) is 0 Å². The van der Waals surface area contributed by atoms with E-state index in [2.05, 4.69) is 54.8 Å². The van der Waals surface area contributed by atoms with E-state index in [1.54, 1.807) is 12.4 Å². The van der Waals surface area contributed by atoms with E-state index in [1.807, 2.05) is 12.1 Å². The van der Waals surface area contributed by atoms with Crippen LogP contribution in [0.2, 0.25) is 5.02 Å². The van der Waals surface area contributed by atoms with Gasteiger partial charge < -0.3 is 4.90 Å². The Kier molecular flexibility index (Phi) is 4.96. The molecule has 1 aliphatic heterocycles. The second kappa shape index (κ2) is 6.94. The third-order valence-corrected chi connectivity index (χ3v) is 4.77. The fraction of sp³-hybridized carbons (Fsp3) is 0.375. The first kappa shape index (κ1) is 15.7. The summed E-state index contributed by atoms with van der Waals surface area (Å²) in [5, 5.41) is 0.785. The van der Waals surface area contributed by atoms with Gasteiger partial charge in [0.25, 0.3) is 0 Å². The normalized spacial score (nSPS) is 17.5. The molecule has 3 rings (SSSR count). The maximum Gasteiger partial charge on any atom is 0.225 e. The number of anilines is 1. The van der Waals surface area contributed by atoms with E-state index < -0.39 is 0 Å². The highest BCUT2D eigenvalue weighted by atomic mass is 79.9. The number of piperazine rings is 1. The lowest BCUT2D eigenvalue weighted by Crippen LogP contribution is -2.47. The van der Waals surface area contributed by atoms with Crippen LogP contribution in [0.4, 0.5) is 5.95 Å². The van der Waals surface area contributed by atoms with Gasteiger partial charge in [-0.25, -0.2) is 9.97 Å². The average Bonchev–Trinajstić information content (AvgIpc) is 2.56. The SMILES string of the molecule is CC(c1ccc(Cl)cc1)N1CCN(c2ncc(Br)cn2)CC1. The van der Waals surface area contributed by atoms with Crippen LogP contribution in [0.1, 0.15) is 18.5 Å². The standard InChI is InChI=1S/C16H18BrClN4/c1-12(13-2-4-15(18)5-3-13)21-6-8-22(9-7-21)16-19-10-14(17)11-20-16/h2-5,10-12H,6-9H2,1H3. The third-order valence-electron chi connectivity index (χ3n) is 4.10. The third kappa shape index (κ3) is 3.59. The minimum atomic E-state index is 0.394. The molecule has 22 heavy (non-hydrogen) atoms. The summed E-state index contributed by atoms with van der Waals surface area (Å²) in [6, 6.07) is 8.53. The highest BCUT2D eigenvalue weighted by Gasteiger charge is 2.23. The van der Waals surface area contributed by atoms with Crippen molar-refractivity contribution in [3.8, 4) is 0 Å². The molecule has 2 heterocycles. The fourth-order valence-corrected chi connectivity index (χ4v) is 3.06. The van der Waals surface area contributed by atoms with E-state index in [-0.39, 0.29) is 0 Å². The van der Waals surface area contributed by atoms with Crippen LogP contribution < -0.4 is 4.90 Å². The number of aromatic nitrogens is 2. The predicted molar refractivity (Wildman–Crippen MR) is 93.4 cm³/mol. The van der Waals surface area contributed by atoms with Crippen LogP contribution in [0.25, 0.3) is 0 Å². The Morgan fingerprint density at radius 3 is 2.23 bits per heavy atom. The number of rotatable bonds is 3. The Bertz CT molecular complexity index is 609. The topological polar surface area (TPSA) is 32.3 Å². The van der Waals surface area contributed by atoms with Crippen molar-refractivity contribution in [3.63, 3.8) is 0 Å². The molecule has 0 radical (unpaired) electrons. The van der Waals surface area contributed by atoms with Gasteiger partial charge in [-0.1, -0.05) is 23.7 Å². The van der Waals surface area contributed by atoms with Crippen LogP contribution in [0, 0.1) is 0 Å². The molecule has 1 atom stereocenters. The van der Waals surface area contributed by atoms with E-state index in [9.17, 15) is 0 Å². The van der Waals surface area contributed by atoms with Gasteiger partial charge in [0.2, 0.25) is 5.95 Å². The predicted octanol–water partition coefficient (Wildman–Crippen LogP) is 3.78. The molecule has 1 saturated heterocycles. The van der Waals surface area contributed by atoms with Crippen molar-refractivity contribution in [2.45, 2.75) is 13.0 Å². The Balaban J connectivity index is 1.61.